The van der Waals surface area contributed by atoms with E-state index in [1.54, 1.807) is 0 Å². The Hall–Kier alpha value is -2.46. The molecule has 25 heavy (non-hydrogen) atoms. The minimum atomic E-state index is -0.351. The topological polar surface area (TPSA) is 58.2 Å². The van der Waals surface area contributed by atoms with E-state index >= 15 is 0 Å². The molecule has 2 saturated heterocycles. The predicted octanol–water partition coefficient (Wildman–Crippen LogP) is 1.90. The number of piperidine rings is 2. The molecule has 0 aromatic rings. The molecule has 4 heteroatoms. The second-order valence-electron chi connectivity index (χ2n) is 7.60. The molecule has 126 valence electrons. The van der Waals surface area contributed by atoms with E-state index in [4.69, 9.17) is 0 Å². The number of Topliss-reactive ketones (excluding diaryl/α,β-unsaturated/α-hetero) is 2. The lowest BCUT2D eigenvalue weighted by Gasteiger charge is -2.46. The van der Waals surface area contributed by atoms with Gasteiger partial charge in [-0.3, -0.25) is 14.9 Å². The first-order valence-electron chi connectivity index (χ1n) is 8.86. The molecule has 2 fully saturated rings. The molecule has 2 aliphatic heterocycles. The molecule has 5 rings (SSSR count). The molecule has 2 N–H and O–H groups in total. The van der Waals surface area contributed by atoms with E-state index in [1.165, 1.54) is 0 Å². The van der Waals surface area contributed by atoms with Crippen molar-refractivity contribution in [1.29, 1.82) is 0 Å². The fourth-order valence-electron chi connectivity index (χ4n) is 4.61. The normalized spacial score (nSPS) is 40.8. The van der Waals surface area contributed by atoms with Crippen LogP contribution in [0.1, 0.15) is 13.3 Å². The second kappa shape index (κ2) is 5.02. The maximum atomic E-state index is 13.1. The number of rotatable bonds is 0. The summed E-state index contributed by atoms with van der Waals surface area (Å²) in [6, 6.07) is -0.156. The summed E-state index contributed by atoms with van der Waals surface area (Å²) in [5, 5.41) is 7.06. The molecule has 5 unspecified atom stereocenters. The molecule has 0 aromatic carbocycles. The molecule has 3 aliphatic carbocycles. The molecule has 2 heterocycles. The third-order valence-corrected chi connectivity index (χ3v) is 5.97. The zero-order valence-electron chi connectivity index (χ0n) is 14.0. The molecule has 5 aliphatic rings. The van der Waals surface area contributed by atoms with Gasteiger partial charge in [0.1, 0.15) is 0 Å². The number of ketones is 2. The standard InChI is InChI=1S/C21H20N2O2/c1-21-9-5-4-7-15(21)20(25)14-10-17-13(11-18(14)23-21)19(24)12-6-2-3-8-16(12)22-17/h2-8,10-12,14,16,18,22-23H,9H2,1H3. The summed E-state index contributed by atoms with van der Waals surface area (Å²) in [4.78, 5) is 26.0. The molecular weight excluding hydrogens is 312 g/mol. The molecule has 0 amide bonds. The average Bonchev–Trinajstić information content (AvgIpc) is 2.61. The fourth-order valence-corrected chi connectivity index (χ4v) is 4.61. The number of hydrogen-bond acceptors (Lipinski definition) is 4. The van der Waals surface area contributed by atoms with Crippen LogP contribution in [-0.2, 0) is 9.59 Å². The Morgan fingerprint density at radius 2 is 1.84 bits per heavy atom. The molecule has 0 bridgehead atoms. The van der Waals surface area contributed by atoms with Gasteiger partial charge < -0.3 is 5.32 Å². The molecule has 0 aromatic heterocycles. The molecule has 5 atom stereocenters. The Morgan fingerprint density at radius 1 is 1.00 bits per heavy atom. The van der Waals surface area contributed by atoms with Crippen LogP contribution in [0.4, 0.5) is 0 Å². The van der Waals surface area contributed by atoms with Crippen molar-refractivity contribution in [1.82, 2.24) is 10.6 Å². The Labute approximate surface area is 146 Å². The van der Waals surface area contributed by atoms with Gasteiger partial charge in [-0.15, -0.1) is 0 Å². The smallest absolute Gasteiger partial charge is 0.173 e. The van der Waals surface area contributed by atoms with Gasteiger partial charge >= 0.3 is 0 Å². The third-order valence-electron chi connectivity index (χ3n) is 5.97. The summed E-state index contributed by atoms with van der Waals surface area (Å²) in [5.74, 6) is -0.121. The largest absolute Gasteiger partial charge is 0.377 e. The highest BCUT2D eigenvalue weighted by Gasteiger charge is 2.48. The maximum Gasteiger partial charge on any atom is 0.173 e. The van der Waals surface area contributed by atoms with Crippen molar-refractivity contribution in [2.24, 2.45) is 11.8 Å². The van der Waals surface area contributed by atoms with Gasteiger partial charge in [0.2, 0.25) is 0 Å². The zero-order valence-corrected chi connectivity index (χ0v) is 14.0. The Kier molecular flexibility index (Phi) is 2.98. The van der Waals surface area contributed by atoms with Gasteiger partial charge in [0.05, 0.1) is 17.9 Å². The number of allylic oxidation sites excluding steroid dienone is 5. The van der Waals surface area contributed by atoms with Crippen molar-refractivity contribution in [2.45, 2.75) is 31.0 Å². The lowest BCUT2D eigenvalue weighted by molar-refractivity contribution is -0.121. The van der Waals surface area contributed by atoms with Crippen molar-refractivity contribution in [3.8, 4) is 0 Å². The number of carbonyl (C=O) groups is 2. The quantitative estimate of drug-likeness (QED) is 0.711. The van der Waals surface area contributed by atoms with E-state index < -0.39 is 0 Å². The van der Waals surface area contributed by atoms with Crippen LogP contribution in [0.25, 0.3) is 0 Å². The Balaban J connectivity index is 1.56. The summed E-state index contributed by atoms with van der Waals surface area (Å²) >= 11 is 0. The van der Waals surface area contributed by atoms with Gasteiger partial charge in [-0.25, -0.2) is 0 Å². The molecule has 0 saturated carbocycles. The van der Waals surface area contributed by atoms with Crippen LogP contribution in [0.5, 0.6) is 0 Å². The number of carbonyl (C=O) groups excluding carboxylic acids is 2. The van der Waals surface area contributed by atoms with Crippen LogP contribution in [0, 0.1) is 11.8 Å². The first kappa shape index (κ1) is 14.8. The average molecular weight is 332 g/mol. The highest BCUT2D eigenvalue weighted by molar-refractivity contribution is 6.07. The first-order valence-corrected chi connectivity index (χ1v) is 8.86. The molecule has 0 spiro atoms. The van der Waals surface area contributed by atoms with E-state index in [0.717, 1.165) is 17.7 Å². The van der Waals surface area contributed by atoms with E-state index in [0.29, 0.717) is 5.57 Å². The Morgan fingerprint density at radius 3 is 2.72 bits per heavy atom. The molecule has 0 radical (unpaired) electrons. The maximum absolute atomic E-state index is 13.1. The van der Waals surface area contributed by atoms with E-state index in [-0.39, 0.29) is 41.0 Å². The summed E-state index contributed by atoms with van der Waals surface area (Å²) in [7, 11) is 0. The van der Waals surface area contributed by atoms with Crippen molar-refractivity contribution >= 4 is 11.6 Å². The van der Waals surface area contributed by atoms with Crippen molar-refractivity contribution < 1.29 is 9.59 Å². The van der Waals surface area contributed by atoms with Gasteiger partial charge in [-0.05, 0) is 19.4 Å². The lowest BCUT2D eigenvalue weighted by Crippen LogP contribution is -2.61. The number of nitrogens with one attached hydrogen (secondary N) is 2. The second-order valence-corrected chi connectivity index (χ2v) is 7.60. The number of fused-ring (bicyclic) bond motifs is 4. The van der Waals surface area contributed by atoms with Crippen molar-refractivity contribution in [3.63, 3.8) is 0 Å². The van der Waals surface area contributed by atoms with Crippen LogP contribution < -0.4 is 10.6 Å². The highest BCUT2D eigenvalue weighted by Crippen LogP contribution is 2.40. The van der Waals surface area contributed by atoms with E-state index in [2.05, 4.69) is 23.6 Å². The van der Waals surface area contributed by atoms with Gasteiger partial charge in [0.25, 0.3) is 0 Å². The zero-order chi connectivity index (χ0) is 17.2. The first-order chi connectivity index (χ1) is 12.1. The number of hydrogen-bond donors (Lipinski definition) is 2. The predicted molar refractivity (Wildman–Crippen MR) is 95.5 cm³/mol. The minimum absolute atomic E-state index is 0.0220. The van der Waals surface area contributed by atoms with Crippen LogP contribution in [0.15, 0.2) is 71.5 Å². The van der Waals surface area contributed by atoms with Crippen molar-refractivity contribution in [3.05, 3.63) is 71.5 Å². The van der Waals surface area contributed by atoms with Gasteiger partial charge in [-0.1, -0.05) is 48.6 Å². The minimum Gasteiger partial charge on any atom is -0.377 e. The van der Waals surface area contributed by atoms with Gasteiger partial charge in [0, 0.05) is 28.4 Å². The van der Waals surface area contributed by atoms with Crippen LogP contribution in [-0.4, -0.2) is 29.2 Å². The van der Waals surface area contributed by atoms with Gasteiger partial charge in [-0.2, -0.15) is 0 Å². The van der Waals surface area contributed by atoms with Gasteiger partial charge in [0.15, 0.2) is 11.6 Å². The lowest BCUT2D eigenvalue weighted by atomic mass is 9.69. The fraction of sp³-hybridized carbons (Fsp3) is 0.333. The third kappa shape index (κ3) is 2.04. The van der Waals surface area contributed by atoms with Crippen LogP contribution in [0.3, 0.4) is 0 Å². The Bertz CT molecular complexity index is 870. The molecular formula is C21H20N2O2. The summed E-state index contributed by atoms with van der Waals surface area (Å²) in [5.41, 5.74) is 2.00. The SMILES string of the molecule is CC12CC=CC=C1C(=O)C1C=C3NC4C=CC=CC4C(=O)C3=CC1N2. The molecule has 4 nitrogen and oxygen atoms in total. The highest BCUT2D eigenvalue weighted by atomic mass is 16.1. The van der Waals surface area contributed by atoms with Crippen LogP contribution in [0.2, 0.25) is 0 Å². The van der Waals surface area contributed by atoms with E-state index in [9.17, 15) is 9.59 Å². The monoisotopic (exact) mass is 332 g/mol. The summed E-state index contributed by atoms with van der Waals surface area (Å²) in [6.45, 7) is 2.07. The van der Waals surface area contributed by atoms with E-state index in [1.807, 2.05) is 48.6 Å². The summed E-state index contributed by atoms with van der Waals surface area (Å²) < 4.78 is 0. The summed E-state index contributed by atoms with van der Waals surface area (Å²) in [6.07, 6.45) is 18.5. The van der Waals surface area contributed by atoms with Crippen LogP contribution >= 0.6 is 0 Å². The van der Waals surface area contributed by atoms with Crippen molar-refractivity contribution in [2.75, 3.05) is 0 Å².